The van der Waals surface area contributed by atoms with Crippen molar-refractivity contribution in [1.82, 2.24) is 0 Å². The second-order valence-electron chi connectivity index (χ2n) is 3.92. The molecule has 0 rings (SSSR count). The van der Waals surface area contributed by atoms with Gasteiger partial charge in [0.2, 0.25) is 0 Å². The van der Waals surface area contributed by atoms with Crippen molar-refractivity contribution >= 4 is 17.4 Å². The third-order valence-corrected chi connectivity index (χ3v) is 2.70. The van der Waals surface area contributed by atoms with Crippen molar-refractivity contribution in [2.24, 2.45) is 5.92 Å². The van der Waals surface area contributed by atoms with Crippen LogP contribution in [0.2, 0.25) is 0 Å². The Kier molecular flexibility index (Phi) is 7.81. The van der Waals surface area contributed by atoms with Gasteiger partial charge in [-0.15, -0.1) is 11.6 Å². The molecule has 0 heterocycles. The molecular formula is C11H18ClF3O. The van der Waals surface area contributed by atoms with Crippen LogP contribution in [0.1, 0.15) is 45.4 Å². The average Bonchev–Trinajstić information content (AvgIpc) is 2.19. The lowest BCUT2D eigenvalue weighted by Gasteiger charge is -2.19. The molecule has 1 nitrogen and oxygen atoms in total. The molecule has 0 fully saturated rings. The maximum absolute atomic E-state index is 12.5. The molecule has 1 unspecified atom stereocenters. The molecule has 0 amide bonds. The van der Waals surface area contributed by atoms with E-state index < -0.39 is 12.1 Å². The summed E-state index contributed by atoms with van der Waals surface area (Å²) in [5, 5.41) is 0. The van der Waals surface area contributed by atoms with E-state index in [-0.39, 0.29) is 25.0 Å². The third kappa shape index (κ3) is 7.09. The van der Waals surface area contributed by atoms with Gasteiger partial charge in [0, 0.05) is 18.7 Å². The standard InChI is InChI=1S/C11H18ClF3O/c1-2-3-5-9(11(13,14)15)8-10(16)6-4-7-12/h9H,2-8H2,1H3. The van der Waals surface area contributed by atoms with Crippen LogP contribution in [0.4, 0.5) is 13.2 Å². The summed E-state index contributed by atoms with van der Waals surface area (Å²) >= 11 is 5.38. The van der Waals surface area contributed by atoms with E-state index in [0.717, 1.165) is 0 Å². The summed E-state index contributed by atoms with van der Waals surface area (Å²) in [5.41, 5.74) is 0. The highest BCUT2D eigenvalue weighted by Gasteiger charge is 2.39. The Bertz CT molecular complexity index is 204. The summed E-state index contributed by atoms with van der Waals surface area (Å²) in [4.78, 5) is 11.3. The fourth-order valence-electron chi connectivity index (χ4n) is 1.47. The van der Waals surface area contributed by atoms with Gasteiger partial charge in [-0.05, 0) is 12.8 Å². The molecule has 0 N–H and O–H groups in total. The number of alkyl halides is 4. The SMILES string of the molecule is CCCCC(CC(=O)CCCCl)C(F)(F)F. The molecule has 16 heavy (non-hydrogen) atoms. The Morgan fingerprint density at radius 2 is 1.94 bits per heavy atom. The fourth-order valence-corrected chi connectivity index (χ4v) is 1.61. The number of Topliss-reactive ketones (excluding diaryl/α,β-unsaturated/α-hetero) is 1. The van der Waals surface area contributed by atoms with Crippen LogP contribution in [0, 0.1) is 5.92 Å². The average molecular weight is 259 g/mol. The minimum atomic E-state index is -4.26. The van der Waals surface area contributed by atoms with Gasteiger partial charge in [-0.25, -0.2) is 0 Å². The number of carbonyl (C=O) groups excluding carboxylic acids is 1. The van der Waals surface area contributed by atoms with Crippen LogP contribution in [0.25, 0.3) is 0 Å². The van der Waals surface area contributed by atoms with Crippen molar-refractivity contribution in [1.29, 1.82) is 0 Å². The van der Waals surface area contributed by atoms with Crippen LogP contribution in [0.15, 0.2) is 0 Å². The number of hydrogen-bond acceptors (Lipinski definition) is 1. The number of unbranched alkanes of at least 4 members (excludes halogenated alkanes) is 1. The molecule has 0 aliphatic carbocycles. The molecule has 0 aliphatic heterocycles. The van der Waals surface area contributed by atoms with Gasteiger partial charge >= 0.3 is 6.18 Å². The predicted molar refractivity (Wildman–Crippen MR) is 58.6 cm³/mol. The number of rotatable bonds is 8. The highest BCUT2D eigenvalue weighted by molar-refractivity contribution is 6.17. The topological polar surface area (TPSA) is 17.1 Å². The van der Waals surface area contributed by atoms with E-state index in [4.69, 9.17) is 11.6 Å². The molecular weight excluding hydrogens is 241 g/mol. The van der Waals surface area contributed by atoms with Crippen molar-refractivity contribution in [3.8, 4) is 0 Å². The molecule has 0 saturated heterocycles. The number of halogens is 4. The van der Waals surface area contributed by atoms with Crippen LogP contribution >= 0.6 is 11.6 Å². The largest absolute Gasteiger partial charge is 0.392 e. The van der Waals surface area contributed by atoms with Crippen molar-refractivity contribution < 1.29 is 18.0 Å². The monoisotopic (exact) mass is 258 g/mol. The molecule has 0 aliphatic rings. The summed E-state index contributed by atoms with van der Waals surface area (Å²) in [6.45, 7) is 1.84. The van der Waals surface area contributed by atoms with E-state index in [1.807, 2.05) is 6.92 Å². The molecule has 0 saturated carbocycles. The predicted octanol–water partition coefficient (Wildman–Crippen LogP) is 4.33. The minimum absolute atomic E-state index is 0.0482. The Morgan fingerprint density at radius 1 is 1.31 bits per heavy atom. The van der Waals surface area contributed by atoms with Gasteiger partial charge in [-0.2, -0.15) is 13.2 Å². The normalized spacial score (nSPS) is 13.8. The van der Waals surface area contributed by atoms with E-state index in [0.29, 0.717) is 25.1 Å². The third-order valence-electron chi connectivity index (χ3n) is 2.43. The molecule has 0 aromatic rings. The van der Waals surface area contributed by atoms with Crippen LogP contribution < -0.4 is 0 Å². The smallest absolute Gasteiger partial charge is 0.300 e. The Labute approximate surface area is 99.4 Å². The van der Waals surface area contributed by atoms with E-state index in [1.165, 1.54) is 0 Å². The van der Waals surface area contributed by atoms with Crippen LogP contribution in [-0.4, -0.2) is 17.8 Å². The molecule has 1 atom stereocenters. The summed E-state index contributed by atoms with van der Waals surface area (Å²) in [7, 11) is 0. The minimum Gasteiger partial charge on any atom is -0.300 e. The first-order valence-electron chi connectivity index (χ1n) is 5.56. The highest BCUT2D eigenvalue weighted by Crippen LogP contribution is 2.33. The number of ketones is 1. The van der Waals surface area contributed by atoms with Gasteiger partial charge in [-0.1, -0.05) is 19.8 Å². The second kappa shape index (κ2) is 7.93. The van der Waals surface area contributed by atoms with Crippen LogP contribution in [0.3, 0.4) is 0 Å². The molecule has 5 heteroatoms. The molecule has 0 bridgehead atoms. The first kappa shape index (κ1) is 15.8. The molecule has 0 aromatic heterocycles. The number of hydrogen-bond donors (Lipinski definition) is 0. The van der Waals surface area contributed by atoms with Gasteiger partial charge < -0.3 is 0 Å². The summed E-state index contributed by atoms with van der Waals surface area (Å²) < 4.78 is 37.6. The van der Waals surface area contributed by atoms with Gasteiger partial charge in [0.05, 0.1) is 5.92 Å². The van der Waals surface area contributed by atoms with Gasteiger partial charge in [0.25, 0.3) is 0 Å². The van der Waals surface area contributed by atoms with Crippen molar-refractivity contribution in [3.05, 3.63) is 0 Å². The Balaban J connectivity index is 4.15. The maximum atomic E-state index is 12.5. The van der Waals surface area contributed by atoms with Crippen LogP contribution in [0.5, 0.6) is 0 Å². The summed E-state index contributed by atoms with van der Waals surface area (Å²) in [5.74, 6) is -1.49. The zero-order chi connectivity index (χ0) is 12.6. The second-order valence-corrected chi connectivity index (χ2v) is 4.29. The molecule has 0 aromatic carbocycles. The van der Waals surface area contributed by atoms with Crippen molar-refractivity contribution in [2.45, 2.75) is 51.6 Å². The summed E-state index contributed by atoms with van der Waals surface area (Å²) in [6.07, 6.45) is -2.77. The van der Waals surface area contributed by atoms with E-state index in [2.05, 4.69) is 0 Å². The van der Waals surface area contributed by atoms with Crippen LogP contribution in [-0.2, 0) is 4.79 Å². The Morgan fingerprint density at radius 3 is 2.38 bits per heavy atom. The van der Waals surface area contributed by atoms with E-state index in [9.17, 15) is 18.0 Å². The lowest BCUT2D eigenvalue weighted by molar-refractivity contribution is -0.180. The van der Waals surface area contributed by atoms with E-state index in [1.54, 1.807) is 0 Å². The first-order chi connectivity index (χ1) is 7.41. The van der Waals surface area contributed by atoms with Crippen molar-refractivity contribution in [2.75, 3.05) is 5.88 Å². The number of carbonyl (C=O) groups is 1. The first-order valence-corrected chi connectivity index (χ1v) is 6.09. The zero-order valence-electron chi connectivity index (χ0n) is 9.45. The zero-order valence-corrected chi connectivity index (χ0v) is 10.2. The lowest BCUT2D eigenvalue weighted by atomic mass is 9.94. The van der Waals surface area contributed by atoms with Gasteiger partial charge in [0.1, 0.15) is 5.78 Å². The molecule has 0 spiro atoms. The maximum Gasteiger partial charge on any atom is 0.392 e. The van der Waals surface area contributed by atoms with Crippen molar-refractivity contribution in [3.63, 3.8) is 0 Å². The Hall–Kier alpha value is -0.250. The molecule has 0 radical (unpaired) electrons. The fraction of sp³-hybridized carbons (Fsp3) is 0.909. The summed E-state index contributed by atoms with van der Waals surface area (Å²) in [6, 6.07) is 0. The highest BCUT2D eigenvalue weighted by atomic mass is 35.5. The molecule has 96 valence electrons. The van der Waals surface area contributed by atoms with Gasteiger partial charge in [-0.3, -0.25) is 4.79 Å². The quantitative estimate of drug-likeness (QED) is 0.592. The van der Waals surface area contributed by atoms with E-state index >= 15 is 0 Å². The lowest BCUT2D eigenvalue weighted by Crippen LogP contribution is -2.25. The van der Waals surface area contributed by atoms with Gasteiger partial charge in [0.15, 0.2) is 0 Å².